The number of hydrogen-bond donors (Lipinski definition) is 0. The molecule has 0 unspecified atom stereocenters. The Morgan fingerprint density at radius 2 is 0.894 bits per heavy atom. The van der Waals surface area contributed by atoms with Crippen molar-refractivity contribution < 1.29 is 34.6 Å². The number of benzene rings is 8. The third-order valence-electron chi connectivity index (χ3n) is 7.83. The van der Waals surface area contributed by atoms with E-state index in [1.54, 1.807) is 30.3 Å². The molecule has 0 amide bonds. The summed E-state index contributed by atoms with van der Waals surface area (Å²) in [6.07, 6.45) is 0. The Bertz CT molecular complexity index is 3670. The molecular formula is C46H30O. The smallest absolute Gasteiger partial charge is 0.143 e. The van der Waals surface area contributed by atoms with Crippen molar-refractivity contribution in [2.24, 2.45) is 0 Å². The summed E-state index contributed by atoms with van der Waals surface area (Å²) in [5, 5.41) is -2.10. The minimum atomic E-state index is -0.865. The molecule has 0 fully saturated rings. The Labute approximate surface area is 304 Å². The first-order chi connectivity index (χ1) is 32.5. The average Bonchev–Trinajstić information content (AvgIpc) is 3.71. The van der Waals surface area contributed by atoms with E-state index < -0.39 is 177 Å². The first kappa shape index (κ1) is 12.9. The standard InChI is InChI=1S/C46H30O/c1-4-16-31(17-5-1)34-28-29-41-42(30-34)47-46(40-27-15-10-22-35(40)32-18-6-2-7-19-32)45(41)44-38-25-13-11-23-36(38)43(33-20-8-3-9-21-33)37-24-12-14-26-39(37)44/h1-30H/i1D,3D,4D,5D,8D,9D,10D,11D,12D,13D,14D,15D,16D,17D,20D,21D,22D,23D,24D,25D,26D,27D. The molecule has 1 heteroatoms. The summed E-state index contributed by atoms with van der Waals surface area (Å²) in [5.74, 6) is -0.424. The van der Waals surface area contributed by atoms with Gasteiger partial charge in [0.1, 0.15) is 11.3 Å². The van der Waals surface area contributed by atoms with Gasteiger partial charge in [-0.25, -0.2) is 0 Å². The quantitative estimate of drug-likeness (QED) is 0.174. The molecule has 0 aliphatic carbocycles. The molecular weight excluding hydrogens is 569 g/mol. The minimum absolute atomic E-state index is 0.0136. The molecule has 0 bridgehead atoms. The zero-order chi connectivity index (χ0) is 50.3. The van der Waals surface area contributed by atoms with Crippen LogP contribution in [0.1, 0.15) is 30.2 Å². The first-order valence-electron chi connectivity index (χ1n) is 25.3. The van der Waals surface area contributed by atoms with Crippen LogP contribution in [0.4, 0.5) is 0 Å². The van der Waals surface area contributed by atoms with Crippen LogP contribution >= 0.6 is 0 Å². The highest BCUT2D eigenvalue weighted by Gasteiger charge is 2.25. The molecule has 0 atom stereocenters. The van der Waals surface area contributed by atoms with Crippen molar-refractivity contribution in [1.82, 2.24) is 0 Å². The van der Waals surface area contributed by atoms with E-state index in [9.17, 15) is 8.22 Å². The van der Waals surface area contributed by atoms with E-state index in [1.807, 2.05) is 0 Å². The van der Waals surface area contributed by atoms with Crippen molar-refractivity contribution >= 4 is 32.5 Å². The van der Waals surface area contributed by atoms with E-state index in [1.165, 1.54) is 18.2 Å². The second kappa shape index (κ2) is 11.3. The minimum Gasteiger partial charge on any atom is -0.455 e. The summed E-state index contributed by atoms with van der Waals surface area (Å²) < 4.78 is 203. The molecule has 0 saturated heterocycles. The monoisotopic (exact) mass is 620 g/mol. The van der Waals surface area contributed by atoms with Gasteiger partial charge in [-0.2, -0.15) is 0 Å². The molecule has 1 aromatic heterocycles. The zero-order valence-corrected chi connectivity index (χ0v) is 24.0. The van der Waals surface area contributed by atoms with E-state index in [4.69, 9.17) is 26.3 Å². The number of furan rings is 1. The van der Waals surface area contributed by atoms with Gasteiger partial charge in [-0.15, -0.1) is 0 Å². The fourth-order valence-corrected chi connectivity index (χ4v) is 5.87. The van der Waals surface area contributed by atoms with Crippen molar-refractivity contribution in [2.75, 3.05) is 0 Å². The highest BCUT2D eigenvalue weighted by atomic mass is 16.3. The van der Waals surface area contributed by atoms with Crippen LogP contribution in [-0.4, -0.2) is 0 Å². The third kappa shape index (κ3) is 4.56. The third-order valence-corrected chi connectivity index (χ3v) is 7.83. The van der Waals surface area contributed by atoms with Crippen LogP contribution in [0.15, 0.2) is 186 Å². The molecule has 8 aromatic carbocycles. The van der Waals surface area contributed by atoms with Gasteiger partial charge >= 0.3 is 0 Å². The van der Waals surface area contributed by atoms with E-state index in [-0.39, 0.29) is 44.3 Å². The number of rotatable bonds is 5. The van der Waals surface area contributed by atoms with Gasteiger partial charge in [0.25, 0.3) is 0 Å². The van der Waals surface area contributed by atoms with Crippen LogP contribution in [0.2, 0.25) is 0 Å². The molecule has 1 nitrogen and oxygen atoms in total. The zero-order valence-electron chi connectivity index (χ0n) is 46.0. The molecule has 47 heavy (non-hydrogen) atoms. The highest BCUT2D eigenvalue weighted by Crippen LogP contribution is 2.51. The summed E-state index contributed by atoms with van der Waals surface area (Å²) in [4.78, 5) is 0. The van der Waals surface area contributed by atoms with Crippen LogP contribution in [0.25, 0.3) is 88.3 Å². The first-order valence-corrected chi connectivity index (χ1v) is 14.3. The van der Waals surface area contributed by atoms with Crippen molar-refractivity contribution in [2.45, 2.75) is 0 Å². The van der Waals surface area contributed by atoms with Crippen molar-refractivity contribution in [3.63, 3.8) is 0 Å². The van der Waals surface area contributed by atoms with Crippen LogP contribution in [0.3, 0.4) is 0 Å². The van der Waals surface area contributed by atoms with Gasteiger partial charge in [0.05, 0.1) is 30.2 Å². The Morgan fingerprint density at radius 1 is 0.362 bits per heavy atom. The van der Waals surface area contributed by atoms with Crippen molar-refractivity contribution in [1.29, 1.82) is 0 Å². The number of hydrogen-bond acceptors (Lipinski definition) is 1. The Balaban J connectivity index is 1.63. The average molecular weight is 621 g/mol. The van der Waals surface area contributed by atoms with Crippen LogP contribution in [0, 0.1) is 0 Å². The summed E-state index contributed by atoms with van der Waals surface area (Å²) in [6.45, 7) is 0. The second-order valence-corrected chi connectivity index (χ2v) is 10.4. The maximum absolute atomic E-state index is 9.57. The van der Waals surface area contributed by atoms with E-state index in [2.05, 4.69) is 0 Å². The molecule has 220 valence electrons. The molecule has 0 spiro atoms. The van der Waals surface area contributed by atoms with Crippen LogP contribution in [0.5, 0.6) is 0 Å². The van der Waals surface area contributed by atoms with E-state index in [0.29, 0.717) is 0 Å². The summed E-state index contributed by atoms with van der Waals surface area (Å²) in [6, 6.07) is -4.74. The van der Waals surface area contributed by atoms with Gasteiger partial charge in [0, 0.05) is 22.1 Å². The summed E-state index contributed by atoms with van der Waals surface area (Å²) >= 11 is 0. The van der Waals surface area contributed by atoms with Crippen molar-refractivity contribution in [3.8, 4) is 55.8 Å². The summed E-state index contributed by atoms with van der Waals surface area (Å²) in [7, 11) is 0. The number of fused-ring (bicyclic) bond motifs is 3. The molecule has 0 saturated carbocycles. The van der Waals surface area contributed by atoms with Gasteiger partial charge in [-0.3, -0.25) is 0 Å². The summed E-state index contributed by atoms with van der Waals surface area (Å²) in [5.41, 5.74) is -2.47. The largest absolute Gasteiger partial charge is 0.455 e. The second-order valence-electron chi connectivity index (χ2n) is 10.4. The van der Waals surface area contributed by atoms with Gasteiger partial charge < -0.3 is 4.42 Å². The molecule has 0 aliphatic heterocycles. The fourth-order valence-electron chi connectivity index (χ4n) is 5.87. The molecule has 1 heterocycles. The van der Waals surface area contributed by atoms with Crippen LogP contribution < -0.4 is 0 Å². The SMILES string of the molecule is [2H]c1c([2H])c([2H])c(-c2ccc3c(-c4c5c([2H])c([2H])c([2H])c([2H])c5c(-c5c([2H])c([2H])c([2H])c([2H])c5[2H])c5c([2H])c([2H])c([2H])c([2H])c45)c(-c4c([2H])c([2H])c([2H])c([2H])c4-c4ccccc4)oc3c2)c([2H])c1[2H]. The normalized spacial score (nSPS) is 18.0. The maximum Gasteiger partial charge on any atom is 0.143 e. The van der Waals surface area contributed by atoms with E-state index in [0.717, 1.165) is 0 Å². The molecule has 0 N–H and O–H groups in total. The topological polar surface area (TPSA) is 13.1 Å². The lowest BCUT2D eigenvalue weighted by molar-refractivity contribution is 0.633. The molecule has 9 aromatic rings. The van der Waals surface area contributed by atoms with Gasteiger partial charge in [0.15, 0.2) is 0 Å². The van der Waals surface area contributed by atoms with Gasteiger partial charge in [-0.1, -0.05) is 169 Å². The van der Waals surface area contributed by atoms with Crippen LogP contribution in [-0.2, 0) is 0 Å². The Kier molecular flexibility index (Phi) is 3.11. The van der Waals surface area contributed by atoms with E-state index >= 15 is 0 Å². The lowest BCUT2D eigenvalue weighted by atomic mass is 9.84. The molecule has 9 rings (SSSR count). The predicted molar refractivity (Wildman–Crippen MR) is 198 cm³/mol. The van der Waals surface area contributed by atoms with Gasteiger partial charge in [-0.05, 0) is 67.1 Å². The highest BCUT2D eigenvalue weighted by molar-refractivity contribution is 6.25. The van der Waals surface area contributed by atoms with Crippen molar-refractivity contribution in [3.05, 3.63) is 181 Å². The molecule has 0 radical (unpaired) electrons. The molecule has 0 aliphatic rings. The van der Waals surface area contributed by atoms with Gasteiger partial charge in [0.2, 0.25) is 0 Å². The Morgan fingerprint density at radius 3 is 1.53 bits per heavy atom. The maximum atomic E-state index is 9.57. The Hall–Kier alpha value is -6.18. The lowest BCUT2D eigenvalue weighted by Crippen LogP contribution is -1.92. The fraction of sp³-hybridized carbons (Fsp3) is 0. The lowest BCUT2D eigenvalue weighted by Gasteiger charge is -2.18. The predicted octanol–water partition coefficient (Wildman–Crippen LogP) is 13.1.